The first-order valence-corrected chi connectivity index (χ1v) is 18.1. The van der Waals surface area contributed by atoms with E-state index in [1.165, 1.54) is 31.2 Å². The van der Waals surface area contributed by atoms with Gasteiger partial charge in [0.1, 0.15) is 5.82 Å². The maximum atomic E-state index is 14.4. The van der Waals surface area contributed by atoms with Crippen LogP contribution in [0.4, 0.5) is 4.39 Å². The minimum absolute atomic E-state index is 0.0838. The molecule has 4 aromatic carbocycles. The molecule has 0 aliphatic heterocycles. The number of halogens is 1. The lowest BCUT2D eigenvalue weighted by Gasteiger charge is -2.33. The summed E-state index contributed by atoms with van der Waals surface area (Å²) >= 11 is 0. The number of ketones is 2. The SMILES string of the molecule is CCCCCCC1(CCCCCC)c2cc(C(=O)/C(=N\OC(C)=O)c3cc(C)ccc3C)ccc2-c2ccc(C(=O)c3ccc(F)cc3)cc21. The fourth-order valence-corrected chi connectivity index (χ4v) is 7.37. The lowest BCUT2D eigenvalue weighted by molar-refractivity contribution is -0.140. The average molecular weight is 674 g/mol. The zero-order valence-corrected chi connectivity index (χ0v) is 30.0. The highest BCUT2D eigenvalue weighted by molar-refractivity contribution is 6.51. The topological polar surface area (TPSA) is 72.8 Å². The Morgan fingerprint density at radius 3 is 1.82 bits per heavy atom. The lowest BCUT2D eigenvalue weighted by Crippen LogP contribution is -2.27. The van der Waals surface area contributed by atoms with Crippen molar-refractivity contribution in [2.75, 3.05) is 0 Å². The van der Waals surface area contributed by atoms with Crippen LogP contribution in [-0.2, 0) is 15.0 Å². The molecule has 0 N–H and O–H groups in total. The van der Waals surface area contributed by atoms with Crippen LogP contribution in [0.25, 0.3) is 11.1 Å². The molecule has 50 heavy (non-hydrogen) atoms. The molecule has 0 aromatic heterocycles. The van der Waals surface area contributed by atoms with Crippen LogP contribution in [0.1, 0.15) is 139 Å². The van der Waals surface area contributed by atoms with Gasteiger partial charge in [-0.2, -0.15) is 0 Å². The number of unbranched alkanes of at least 4 members (excludes halogenated alkanes) is 6. The quantitative estimate of drug-likeness (QED) is 0.0390. The minimum atomic E-state index is -0.603. The number of nitrogens with zero attached hydrogens (tertiary/aromatic N) is 1. The standard InChI is InChI=1S/C44H48FNO4/c1-6-8-10-12-24-44(25-13-11-9-7-2)39-27-33(42(48)32-16-20-35(45)21-17-32)18-22-36(39)37-23-19-34(28-40(37)44)43(49)41(46-50-31(5)47)38-26-29(3)14-15-30(38)4/h14-23,26-28H,6-13,24-25H2,1-5H3/b46-41-. The van der Waals surface area contributed by atoms with Gasteiger partial charge in [0.05, 0.1) is 0 Å². The Bertz CT molecular complexity index is 1890. The zero-order valence-electron chi connectivity index (χ0n) is 30.0. The number of carbonyl (C=O) groups is 3. The highest BCUT2D eigenvalue weighted by atomic mass is 19.1. The molecule has 0 unspecified atom stereocenters. The highest BCUT2D eigenvalue weighted by Crippen LogP contribution is 2.55. The van der Waals surface area contributed by atoms with Crippen LogP contribution < -0.4 is 0 Å². The smallest absolute Gasteiger partial charge is 0.318 e. The predicted octanol–water partition coefficient (Wildman–Crippen LogP) is 11.0. The van der Waals surface area contributed by atoms with Crippen LogP contribution in [0.15, 0.2) is 84.0 Å². The van der Waals surface area contributed by atoms with Gasteiger partial charge in [0.25, 0.3) is 0 Å². The molecule has 6 heteroatoms. The number of hydrogen-bond donors (Lipinski definition) is 0. The summed E-state index contributed by atoms with van der Waals surface area (Å²) in [6.07, 6.45) is 10.5. The van der Waals surface area contributed by atoms with Crippen molar-refractivity contribution in [2.24, 2.45) is 5.16 Å². The number of hydrogen-bond acceptors (Lipinski definition) is 5. The Morgan fingerprint density at radius 2 is 1.24 bits per heavy atom. The zero-order chi connectivity index (χ0) is 35.8. The predicted molar refractivity (Wildman–Crippen MR) is 199 cm³/mol. The van der Waals surface area contributed by atoms with E-state index in [9.17, 15) is 18.8 Å². The summed E-state index contributed by atoms with van der Waals surface area (Å²) in [5.74, 6) is -1.45. The van der Waals surface area contributed by atoms with Crippen LogP contribution in [0.3, 0.4) is 0 Å². The van der Waals surface area contributed by atoms with Gasteiger partial charge >= 0.3 is 5.97 Å². The van der Waals surface area contributed by atoms with Crippen molar-refractivity contribution >= 4 is 23.2 Å². The molecule has 0 fully saturated rings. The van der Waals surface area contributed by atoms with Crippen molar-refractivity contribution in [1.29, 1.82) is 0 Å². The van der Waals surface area contributed by atoms with Crippen LogP contribution in [0, 0.1) is 19.7 Å². The molecule has 0 amide bonds. The summed E-state index contributed by atoms with van der Waals surface area (Å²) in [7, 11) is 0. The van der Waals surface area contributed by atoms with E-state index in [2.05, 4.69) is 19.0 Å². The van der Waals surface area contributed by atoms with Gasteiger partial charge in [-0.25, -0.2) is 9.18 Å². The number of carbonyl (C=O) groups excluding carboxylic acids is 3. The Kier molecular flexibility index (Phi) is 11.9. The number of benzene rings is 4. The van der Waals surface area contributed by atoms with E-state index in [0.717, 1.165) is 97.6 Å². The first kappa shape index (κ1) is 36.6. The Balaban J connectivity index is 1.66. The van der Waals surface area contributed by atoms with E-state index >= 15 is 0 Å². The maximum absolute atomic E-state index is 14.4. The van der Waals surface area contributed by atoms with Gasteiger partial charge in [0.2, 0.25) is 5.78 Å². The van der Waals surface area contributed by atoms with Crippen LogP contribution >= 0.6 is 0 Å². The molecule has 5 nitrogen and oxygen atoms in total. The molecule has 0 radical (unpaired) electrons. The largest absolute Gasteiger partial charge is 0.332 e. The molecule has 260 valence electrons. The maximum Gasteiger partial charge on any atom is 0.332 e. The van der Waals surface area contributed by atoms with E-state index < -0.39 is 11.4 Å². The number of rotatable bonds is 16. The Hall–Kier alpha value is -4.71. The minimum Gasteiger partial charge on any atom is -0.318 e. The van der Waals surface area contributed by atoms with E-state index in [-0.39, 0.29) is 23.1 Å². The van der Waals surface area contributed by atoms with E-state index in [1.807, 2.05) is 68.4 Å². The molecule has 0 heterocycles. The third-order valence-electron chi connectivity index (χ3n) is 10.0. The van der Waals surface area contributed by atoms with Gasteiger partial charge in [-0.1, -0.05) is 112 Å². The molecule has 4 aromatic rings. The van der Waals surface area contributed by atoms with Gasteiger partial charge in [0.15, 0.2) is 11.5 Å². The third-order valence-corrected chi connectivity index (χ3v) is 10.0. The summed E-state index contributed by atoms with van der Waals surface area (Å²) in [6, 6.07) is 23.3. The van der Waals surface area contributed by atoms with E-state index in [0.29, 0.717) is 22.3 Å². The van der Waals surface area contributed by atoms with Crippen LogP contribution in [0.2, 0.25) is 0 Å². The molecular weight excluding hydrogens is 625 g/mol. The molecule has 1 aliphatic carbocycles. The molecule has 0 saturated carbocycles. The molecule has 1 aliphatic rings. The summed E-state index contributed by atoms with van der Waals surface area (Å²) in [5.41, 5.74) is 7.92. The Morgan fingerprint density at radius 1 is 0.680 bits per heavy atom. The summed E-state index contributed by atoms with van der Waals surface area (Å²) < 4.78 is 13.7. The second-order valence-electron chi connectivity index (χ2n) is 13.7. The molecule has 5 rings (SSSR count). The second-order valence-corrected chi connectivity index (χ2v) is 13.7. The average Bonchev–Trinajstić information content (AvgIpc) is 3.38. The van der Waals surface area contributed by atoms with Crippen molar-refractivity contribution in [3.05, 3.63) is 129 Å². The number of aryl methyl sites for hydroxylation is 2. The first-order chi connectivity index (χ1) is 24.1. The normalized spacial score (nSPS) is 13.1. The van der Waals surface area contributed by atoms with Crippen molar-refractivity contribution in [3.63, 3.8) is 0 Å². The number of oxime groups is 1. The summed E-state index contributed by atoms with van der Waals surface area (Å²) in [6.45, 7) is 9.53. The van der Waals surface area contributed by atoms with Gasteiger partial charge in [-0.05, 0) is 97.0 Å². The van der Waals surface area contributed by atoms with Crippen molar-refractivity contribution < 1.29 is 23.6 Å². The summed E-state index contributed by atoms with van der Waals surface area (Å²) in [4.78, 5) is 45.1. The highest BCUT2D eigenvalue weighted by Gasteiger charge is 2.43. The first-order valence-electron chi connectivity index (χ1n) is 18.1. The van der Waals surface area contributed by atoms with Gasteiger partial charge in [-0.15, -0.1) is 0 Å². The summed E-state index contributed by atoms with van der Waals surface area (Å²) in [5, 5.41) is 4.10. The molecular formula is C44H48FNO4. The van der Waals surface area contributed by atoms with Gasteiger partial charge < -0.3 is 4.84 Å². The van der Waals surface area contributed by atoms with Crippen LogP contribution in [0.5, 0.6) is 0 Å². The monoisotopic (exact) mass is 673 g/mol. The van der Waals surface area contributed by atoms with Crippen molar-refractivity contribution in [1.82, 2.24) is 0 Å². The van der Waals surface area contributed by atoms with Crippen molar-refractivity contribution in [3.8, 4) is 11.1 Å². The number of Topliss-reactive ketones (excluding diaryl/α,β-unsaturated/α-hetero) is 1. The lowest BCUT2D eigenvalue weighted by atomic mass is 9.70. The van der Waals surface area contributed by atoms with Crippen LogP contribution in [-0.4, -0.2) is 23.2 Å². The van der Waals surface area contributed by atoms with E-state index in [4.69, 9.17) is 4.84 Å². The number of fused-ring (bicyclic) bond motifs is 3. The molecule has 0 bridgehead atoms. The van der Waals surface area contributed by atoms with Crippen molar-refractivity contribution in [2.45, 2.75) is 104 Å². The van der Waals surface area contributed by atoms with Gasteiger partial charge in [0, 0.05) is 34.6 Å². The van der Waals surface area contributed by atoms with Gasteiger partial charge in [-0.3, -0.25) is 9.59 Å². The molecule has 0 spiro atoms. The fourth-order valence-electron chi connectivity index (χ4n) is 7.37. The third kappa shape index (κ3) is 7.85. The second kappa shape index (κ2) is 16.3. The molecule has 0 atom stereocenters. The molecule has 0 saturated heterocycles. The van der Waals surface area contributed by atoms with E-state index in [1.54, 1.807) is 0 Å². The Labute approximate surface area is 296 Å². The fraction of sp³-hybridized carbons (Fsp3) is 0.364.